The van der Waals surface area contributed by atoms with Crippen LogP contribution in [-0.4, -0.2) is 34.7 Å². The molecule has 0 spiro atoms. The predicted octanol–water partition coefficient (Wildman–Crippen LogP) is 16.3. The van der Waals surface area contributed by atoms with E-state index in [4.69, 9.17) is 29.4 Å². The Morgan fingerprint density at radius 2 is 0.747 bits per heavy atom. The molecule has 0 radical (unpaired) electrons. The van der Waals surface area contributed by atoms with E-state index in [1.165, 1.54) is 11.1 Å². The number of aromatic nitrogens is 4. The van der Waals surface area contributed by atoms with Crippen LogP contribution in [0.25, 0.3) is 90.9 Å². The van der Waals surface area contributed by atoms with Gasteiger partial charge in [-0.1, -0.05) is 110 Å². The molecule has 4 aromatic carbocycles. The van der Waals surface area contributed by atoms with Crippen molar-refractivity contribution in [3.8, 4) is 56.0 Å². The van der Waals surface area contributed by atoms with E-state index in [1.807, 2.05) is 24.3 Å². The van der Waals surface area contributed by atoms with Crippen LogP contribution >= 0.6 is 0 Å². The Balaban J connectivity index is 0.00000747. The number of hydrogen-bond acceptors (Lipinski definition) is 6. The van der Waals surface area contributed by atoms with Crippen molar-refractivity contribution in [3.05, 3.63) is 153 Å². The molecule has 0 unspecified atom stereocenters. The standard InChI is InChI=1S/C66H68N4O4.Ni/c1-41-35-43(3)61(44(4)36-41)65-57-29-25-53(67-57)63(49-21-17-23-51(39-49)73-33-15-11-9-13-19-47(7)71)55-27-31-59(69-55)66(62-45(5)37-42(2)38-46(62)6)60-32-28-56(70-60)64(54-26-30-58(65)68-54)50-22-18-24-52(40-50)74-34-16-12-10-14-20-48(8)72;/h17-18,21-32,35-40H,9-16,19-20,33-34H2,1-8H3;/q-2;+2. The summed E-state index contributed by atoms with van der Waals surface area (Å²) in [4.78, 5) is 45.2. The number of rotatable bonds is 20. The molecular formula is C66H68N4NiO4. The van der Waals surface area contributed by atoms with Crippen LogP contribution in [0.15, 0.2) is 97.1 Å². The summed E-state index contributed by atoms with van der Waals surface area (Å²) in [5.41, 5.74) is 21.3. The number of ether oxygens (including phenoxy) is 2. The van der Waals surface area contributed by atoms with Gasteiger partial charge in [-0.05, 0) is 196 Å². The van der Waals surface area contributed by atoms with Crippen molar-refractivity contribution >= 4 is 57.9 Å². The van der Waals surface area contributed by atoms with Gasteiger partial charge in [0.2, 0.25) is 0 Å². The van der Waals surface area contributed by atoms with E-state index in [-0.39, 0.29) is 28.1 Å². The number of nitrogens with zero attached hydrogens (tertiary/aromatic N) is 4. The van der Waals surface area contributed by atoms with E-state index in [9.17, 15) is 9.59 Å². The molecule has 3 aromatic heterocycles. The molecule has 386 valence electrons. The minimum Gasteiger partial charge on any atom is -0.657 e. The first-order chi connectivity index (χ1) is 35.8. The number of fused-ring (bicyclic) bond motifs is 8. The maximum atomic E-state index is 11.5. The molecule has 0 fully saturated rings. The third-order valence-corrected chi connectivity index (χ3v) is 14.1. The molecule has 0 aliphatic carbocycles. The van der Waals surface area contributed by atoms with Gasteiger partial charge in [0.15, 0.2) is 0 Å². The van der Waals surface area contributed by atoms with Crippen LogP contribution < -0.4 is 19.4 Å². The Hall–Kier alpha value is -7.09. The van der Waals surface area contributed by atoms with E-state index in [1.54, 1.807) is 13.8 Å². The van der Waals surface area contributed by atoms with Gasteiger partial charge in [0.25, 0.3) is 0 Å². The molecular weight excluding hydrogens is 971 g/mol. The number of hydrogen-bond donors (Lipinski definition) is 0. The molecule has 0 N–H and O–H groups in total. The molecule has 9 rings (SSSR count). The predicted molar refractivity (Wildman–Crippen MR) is 305 cm³/mol. The molecule has 0 atom stereocenters. The number of unbranched alkanes of at least 4 members (excludes halogenated alkanes) is 6. The van der Waals surface area contributed by atoms with Gasteiger partial charge < -0.3 is 29.0 Å². The van der Waals surface area contributed by atoms with Crippen molar-refractivity contribution in [2.75, 3.05) is 13.2 Å². The molecule has 7 aromatic rings. The molecule has 0 amide bonds. The van der Waals surface area contributed by atoms with Crippen molar-refractivity contribution < 1.29 is 35.6 Å². The largest absolute Gasteiger partial charge is 2.00 e. The number of carbonyl (C=O) groups is 2. The number of Topliss-reactive ketones (excluding diaryl/α,β-unsaturated/α-hetero) is 2. The van der Waals surface area contributed by atoms with Gasteiger partial charge in [0, 0.05) is 12.8 Å². The van der Waals surface area contributed by atoms with Gasteiger partial charge in [-0.2, -0.15) is 0 Å². The van der Waals surface area contributed by atoms with Crippen LogP contribution in [-0.2, 0) is 26.1 Å². The van der Waals surface area contributed by atoms with Crippen molar-refractivity contribution in [2.45, 2.75) is 120 Å². The molecule has 75 heavy (non-hydrogen) atoms. The molecule has 9 heteroatoms. The summed E-state index contributed by atoms with van der Waals surface area (Å²) in [7, 11) is 0. The van der Waals surface area contributed by atoms with Crippen molar-refractivity contribution in [1.82, 2.24) is 19.9 Å². The third-order valence-electron chi connectivity index (χ3n) is 14.1. The zero-order valence-corrected chi connectivity index (χ0v) is 45.8. The van der Waals surface area contributed by atoms with Crippen LogP contribution in [0.4, 0.5) is 0 Å². The van der Waals surface area contributed by atoms with Gasteiger partial charge >= 0.3 is 16.5 Å². The van der Waals surface area contributed by atoms with Crippen molar-refractivity contribution in [2.24, 2.45) is 0 Å². The van der Waals surface area contributed by atoms with Gasteiger partial charge in [-0.3, -0.25) is 0 Å². The molecule has 0 saturated carbocycles. The number of aryl methyl sites for hydroxylation is 6. The monoisotopic (exact) mass is 1040 g/mol. The van der Waals surface area contributed by atoms with E-state index in [0.29, 0.717) is 26.1 Å². The molecule has 2 aliphatic heterocycles. The maximum absolute atomic E-state index is 11.5. The Bertz CT molecular complexity index is 3230. The first kappa shape index (κ1) is 54.2. The molecule has 8 nitrogen and oxygen atoms in total. The molecule has 5 heterocycles. The number of carbonyl (C=O) groups excluding carboxylic acids is 2. The maximum Gasteiger partial charge on any atom is 2.00 e. The van der Waals surface area contributed by atoms with Gasteiger partial charge in [0.1, 0.15) is 23.1 Å². The average molecular weight is 1040 g/mol. The average Bonchev–Trinajstić information content (AvgIpc) is 4.21. The fourth-order valence-electron chi connectivity index (χ4n) is 10.9. The second-order valence-electron chi connectivity index (χ2n) is 20.4. The van der Waals surface area contributed by atoms with Gasteiger partial charge in [0.05, 0.1) is 36.0 Å². The smallest absolute Gasteiger partial charge is 0.657 e. The van der Waals surface area contributed by atoms with Crippen LogP contribution in [0.2, 0.25) is 0 Å². The third kappa shape index (κ3) is 12.7. The van der Waals surface area contributed by atoms with Crippen LogP contribution in [0, 0.1) is 41.5 Å². The zero-order chi connectivity index (χ0) is 51.9. The van der Waals surface area contributed by atoms with Gasteiger partial charge in [-0.25, -0.2) is 9.97 Å². The Labute approximate surface area is 453 Å². The summed E-state index contributed by atoms with van der Waals surface area (Å²) in [6.07, 6.45) is 17.5. The van der Waals surface area contributed by atoms with E-state index < -0.39 is 0 Å². The fourth-order valence-corrected chi connectivity index (χ4v) is 10.9. The van der Waals surface area contributed by atoms with Gasteiger partial charge in [-0.15, -0.1) is 22.1 Å². The van der Waals surface area contributed by atoms with E-state index >= 15 is 0 Å². The molecule has 0 saturated heterocycles. The summed E-state index contributed by atoms with van der Waals surface area (Å²) in [5, 5.41) is 0. The summed E-state index contributed by atoms with van der Waals surface area (Å²) in [6.45, 7) is 17.5. The summed E-state index contributed by atoms with van der Waals surface area (Å²) >= 11 is 0. The van der Waals surface area contributed by atoms with Crippen LogP contribution in [0.5, 0.6) is 11.5 Å². The Morgan fingerprint density at radius 3 is 1.11 bits per heavy atom. The summed E-state index contributed by atoms with van der Waals surface area (Å²) < 4.78 is 12.8. The Morgan fingerprint density at radius 1 is 0.413 bits per heavy atom. The number of benzene rings is 4. The second kappa shape index (κ2) is 24.5. The first-order valence-electron chi connectivity index (χ1n) is 26.5. The topological polar surface area (TPSA) is 107 Å². The first-order valence-corrected chi connectivity index (χ1v) is 26.5. The summed E-state index contributed by atoms with van der Waals surface area (Å²) in [5.74, 6) is 2.05. The number of ketones is 2. The normalized spacial score (nSPS) is 11.7. The van der Waals surface area contributed by atoms with E-state index in [2.05, 4.69) is 139 Å². The zero-order valence-electron chi connectivity index (χ0n) is 44.8. The van der Waals surface area contributed by atoms with Crippen LogP contribution in [0.1, 0.15) is 134 Å². The molecule has 8 bridgehead atoms. The van der Waals surface area contributed by atoms with Crippen molar-refractivity contribution in [3.63, 3.8) is 0 Å². The minimum atomic E-state index is 0. The van der Waals surface area contributed by atoms with Crippen molar-refractivity contribution in [1.29, 1.82) is 0 Å². The Kier molecular flexibility index (Phi) is 17.7. The minimum absolute atomic E-state index is 0. The fraction of sp³-hybridized carbons (Fsp3) is 0.303. The van der Waals surface area contributed by atoms with Crippen LogP contribution in [0.3, 0.4) is 0 Å². The SMILES string of the molecule is CC(=O)CCCCCCOc1cccc(-c2c3nc(c(-c4c(C)cc(C)cc4C)c4ccc([n-]4)c(-c4cccc(OCCCCCCC(C)=O)c4)c4nc(c(-c5c(C)cc(C)cc5C)c5ccc2[n-]5)C=C4)C=C3)c1.[Ni+2]. The van der Waals surface area contributed by atoms with E-state index in [0.717, 1.165) is 174 Å². The molecule has 2 aliphatic rings. The summed E-state index contributed by atoms with van der Waals surface area (Å²) in [6, 6.07) is 34.0. The quantitative estimate of drug-likeness (QED) is 0.0549. The second-order valence-corrected chi connectivity index (χ2v) is 20.4.